The van der Waals surface area contributed by atoms with E-state index in [4.69, 9.17) is 5.73 Å². The van der Waals surface area contributed by atoms with Crippen LogP contribution in [0.1, 0.15) is 33.1 Å². The summed E-state index contributed by atoms with van der Waals surface area (Å²) in [6, 6.07) is -0.00573. The average Bonchev–Trinajstić information content (AvgIpc) is 2.27. The van der Waals surface area contributed by atoms with E-state index in [-0.39, 0.29) is 17.9 Å². The van der Waals surface area contributed by atoms with Gasteiger partial charge in [-0.15, -0.1) is 0 Å². The number of carbonyl (C=O) groups is 1. The number of likely N-dealkylation sites (tertiary alicyclic amines) is 1. The van der Waals surface area contributed by atoms with E-state index in [9.17, 15) is 4.79 Å². The van der Waals surface area contributed by atoms with Crippen molar-refractivity contribution in [3.63, 3.8) is 0 Å². The lowest BCUT2D eigenvalue weighted by Crippen LogP contribution is -2.54. The van der Waals surface area contributed by atoms with Crippen molar-refractivity contribution in [2.24, 2.45) is 11.7 Å². The molecular formula is C13H27N3O. The van der Waals surface area contributed by atoms with Crippen LogP contribution in [0.2, 0.25) is 0 Å². The highest BCUT2D eigenvalue weighted by atomic mass is 16.2. The zero-order valence-corrected chi connectivity index (χ0v) is 11.6. The number of amides is 1. The molecule has 1 saturated heterocycles. The Morgan fingerprint density at radius 1 is 1.41 bits per heavy atom. The number of hydrogen-bond acceptors (Lipinski definition) is 3. The summed E-state index contributed by atoms with van der Waals surface area (Å²) in [4.78, 5) is 16.5. The molecule has 17 heavy (non-hydrogen) atoms. The molecule has 0 aromatic carbocycles. The Bertz CT molecular complexity index is 253. The maximum absolute atomic E-state index is 12.3. The SMILES string of the molecule is CC(C)C(N)C(=O)N1CCCCC1CN(C)C. The molecule has 0 aliphatic carbocycles. The molecule has 0 aromatic heterocycles. The number of rotatable bonds is 4. The van der Waals surface area contributed by atoms with Gasteiger partial charge in [-0.25, -0.2) is 0 Å². The van der Waals surface area contributed by atoms with Gasteiger partial charge in [-0.3, -0.25) is 4.79 Å². The third kappa shape index (κ3) is 3.96. The highest BCUT2D eigenvalue weighted by molar-refractivity contribution is 5.82. The summed E-state index contributed by atoms with van der Waals surface area (Å²) in [5.74, 6) is 0.344. The van der Waals surface area contributed by atoms with Gasteiger partial charge in [-0.1, -0.05) is 13.8 Å². The minimum atomic E-state index is -0.349. The first-order chi connectivity index (χ1) is 7.93. The smallest absolute Gasteiger partial charge is 0.240 e. The van der Waals surface area contributed by atoms with Crippen LogP contribution in [-0.2, 0) is 4.79 Å². The Morgan fingerprint density at radius 3 is 2.59 bits per heavy atom. The quantitative estimate of drug-likeness (QED) is 0.796. The van der Waals surface area contributed by atoms with Crippen LogP contribution < -0.4 is 5.73 Å². The number of hydrogen-bond donors (Lipinski definition) is 1. The van der Waals surface area contributed by atoms with Crippen molar-refractivity contribution in [1.82, 2.24) is 9.80 Å². The predicted molar refractivity (Wildman–Crippen MR) is 70.7 cm³/mol. The van der Waals surface area contributed by atoms with Gasteiger partial charge in [-0.05, 0) is 39.3 Å². The van der Waals surface area contributed by atoms with E-state index >= 15 is 0 Å². The molecule has 1 aliphatic rings. The Labute approximate surface area is 105 Å². The van der Waals surface area contributed by atoms with Crippen molar-refractivity contribution in [3.8, 4) is 0 Å². The average molecular weight is 241 g/mol. The molecule has 1 rings (SSSR count). The molecule has 100 valence electrons. The normalized spacial score (nSPS) is 23.2. The van der Waals surface area contributed by atoms with Crippen molar-refractivity contribution in [1.29, 1.82) is 0 Å². The highest BCUT2D eigenvalue weighted by Crippen LogP contribution is 2.19. The van der Waals surface area contributed by atoms with Gasteiger partial charge in [-0.2, -0.15) is 0 Å². The van der Waals surface area contributed by atoms with Gasteiger partial charge in [0.05, 0.1) is 6.04 Å². The van der Waals surface area contributed by atoms with Gasteiger partial charge >= 0.3 is 0 Å². The van der Waals surface area contributed by atoms with E-state index in [1.165, 1.54) is 6.42 Å². The molecule has 0 radical (unpaired) electrons. The molecule has 1 amide bonds. The first-order valence-corrected chi connectivity index (χ1v) is 6.64. The van der Waals surface area contributed by atoms with Crippen molar-refractivity contribution in [2.45, 2.75) is 45.2 Å². The monoisotopic (exact) mass is 241 g/mol. The maximum Gasteiger partial charge on any atom is 0.240 e. The fourth-order valence-corrected chi connectivity index (χ4v) is 2.38. The largest absolute Gasteiger partial charge is 0.337 e. The lowest BCUT2D eigenvalue weighted by molar-refractivity contribution is -0.137. The van der Waals surface area contributed by atoms with Gasteiger partial charge in [0.15, 0.2) is 0 Å². The number of carbonyl (C=O) groups excluding carboxylic acids is 1. The number of piperidine rings is 1. The number of nitrogens with two attached hydrogens (primary N) is 1. The van der Waals surface area contributed by atoms with E-state index < -0.39 is 0 Å². The van der Waals surface area contributed by atoms with E-state index in [0.29, 0.717) is 6.04 Å². The lowest BCUT2D eigenvalue weighted by Gasteiger charge is -2.39. The van der Waals surface area contributed by atoms with Crippen LogP contribution in [0, 0.1) is 5.92 Å². The zero-order valence-electron chi connectivity index (χ0n) is 11.6. The first-order valence-electron chi connectivity index (χ1n) is 6.64. The molecule has 2 atom stereocenters. The van der Waals surface area contributed by atoms with Crippen molar-refractivity contribution >= 4 is 5.91 Å². The summed E-state index contributed by atoms with van der Waals surface area (Å²) in [5, 5.41) is 0. The lowest BCUT2D eigenvalue weighted by atomic mass is 9.97. The predicted octanol–water partition coefficient (Wildman–Crippen LogP) is 0.912. The Hall–Kier alpha value is -0.610. The van der Waals surface area contributed by atoms with E-state index in [0.717, 1.165) is 25.9 Å². The minimum Gasteiger partial charge on any atom is -0.337 e. The summed E-state index contributed by atoms with van der Waals surface area (Å²) < 4.78 is 0. The molecule has 0 saturated carbocycles. The van der Waals surface area contributed by atoms with Crippen molar-refractivity contribution in [3.05, 3.63) is 0 Å². The second-order valence-corrected chi connectivity index (χ2v) is 5.71. The summed E-state index contributed by atoms with van der Waals surface area (Å²) in [5.41, 5.74) is 5.98. The van der Waals surface area contributed by atoms with Crippen LogP contribution in [0.3, 0.4) is 0 Å². The van der Waals surface area contributed by atoms with Gasteiger partial charge in [0.1, 0.15) is 0 Å². The van der Waals surface area contributed by atoms with Crippen molar-refractivity contribution in [2.75, 3.05) is 27.2 Å². The number of likely N-dealkylation sites (N-methyl/N-ethyl adjacent to an activating group) is 1. The molecule has 1 aliphatic heterocycles. The van der Waals surface area contributed by atoms with Crippen molar-refractivity contribution < 1.29 is 4.79 Å². The molecule has 0 aromatic rings. The first kappa shape index (κ1) is 14.5. The molecule has 4 heteroatoms. The van der Waals surface area contributed by atoms with Crippen LogP contribution in [0.25, 0.3) is 0 Å². The zero-order chi connectivity index (χ0) is 13.0. The summed E-state index contributed by atoms with van der Waals surface area (Å²) in [6.45, 7) is 5.83. The Kier molecular flexibility index (Phi) is 5.40. The third-order valence-corrected chi connectivity index (χ3v) is 3.49. The highest BCUT2D eigenvalue weighted by Gasteiger charge is 2.31. The number of nitrogens with zero attached hydrogens (tertiary/aromatic N) is 2. The van der Waals surface area contributed by atoms with Crippen LogP contribution in [0.5, 0.6) is 0 Å². The molecule has 2 unspecified atom stereocenters. The van der Waals surface area contributed by atoms with E-state index in [1.807, 2.05) is 18.7 Å². The molecule has 0 bridgehead atoms. The molecule has 4 nitrogen and oxygen atoms in total. The summed E-state index contributed by atoms with van der Waals surface area (Å²) >= 11 is 0. The Morgan fingerprint density at radius 2 is 2.06 bits per heavy atom. The van der Waals surface area contributed by atoms with Gasteiger partial charge in [0, 0.05) is 19.1 Å². The summed E-state index contributed by atoms with van der Waals surface area (Å²) in [7, 11) is 4.11. The molecule has 1 fully saturated rings. The Balaban J connectivity index is 2.67. The fourth-order valence-electron chi connectivity index (χ4n) is 2.38. The van der Waals surface area contributed by atoms with Crippen LogP contribution in [0.4, 0.5) is 0 Å². The third-order valence-electron chi connectivity index (χ3n) is 3.49. The summed E-state index contributed by atoms with van der Waals surface area (Å²) in [6.07, 6.45) is 3.44. The molecule has 2 N–H and O–H groups in total. The topological polar surface area (TPSA) is 49.6 Å². The second-order valence-electron chi connectivity index (χ2n) is 5.71. The van der Waals surface area contributed by atoms with E-state index in [1.54, 1.807) is 0 Å². The van der Waals surface area contributed by atoms with Gasteiger partial charge in [0.2, 0.25) is 5.91 Å². The van der Waals surface area contributed by atoms with Crippen LogP contribution in [0.15, 0.2) is 0 Å². The molecular weight excluding hydrogens is 214 g/mol. The van der Waals surface area contributed by atoms with Gasteiger partial charge < -0.3 is 15.5 Å². The van der Waals surface area contributed by atoms with Crippen LogP contribution >= 0.6 is 0 Å². The minimum absolute atomic E-state index is 0.131. The van der Waals surface area contributed by atoms with Crippen LogP contribution in [-0.4, -0.2) is 55.0 Å². The standard InChI is InChI=1S/C13H27N3O/c1-10(2)12(14)13(17)16-8-6-5-7-11(16)9-15(3)4/h10-12H,5-9,14H2,1-4H3. The van der Waals surface area contributed by atoms with Gasteiger partial charge in [0.25, 0.3) is 0 Å². The molecule has 1 heterocycles. The fraction of sp³-hybridized carbons (Fsp3) is 0.923. The second kappa shape index (κ2) is 6.36. The maximum atomic E-state index is 12.3. The van der Waals surface area contributed by atoms with E-state index in [2.05, 4.69) is 19.0 Å². The molecule has 0 spiro atoms.